The summed E-state index contributed by atoms with van der Waals surface area (Å²) in [6.07, 6.45) is 6.33. The lowest BCUT2D eigenvalue weighted by molar-refractivity contribution is 0.152. The molecule has 2 unspecified atom stereocenters. The topological polar surface area (TPSA) is 15.3 Å². The largest absolute Gasteiger partial charge is 0.310 e. The van der Waals surface area contributed by atoms with Crippen LogP contribution in [0.4, 0.5) is 0 Å². The molecule has 1 saturated heterocycles. The summed E-state index contributed by atoms with van der Waals surface area (Å²) in [6.45, 7) is 13.8. The molecule has 0 aromatic heterocycles. The van der Waals surface area contributed by atoms with Crippen LogP contribution in [-0.2, 0) is 0 Å². The first-order valence-electron chi connectivity index (χ1n) is 7.22. The van der Waals surface area contributed by atoms with E-state index in [0.29, 0.717) is 6.04 Å². The van der Waals surface area contributed by atoms with Crippen molar-refractivity contribution in [3.63, 3.8) is 0 Å². The van der Waals surface area contributed by atoms with Gasteiger partial charge in [0.05, 0.1) is 0 Å². The van der Waals surface area contributed by atoms with E-state index in [1.807, 2.05) is 0 Å². The molecular formula is C15H30N2. The summed E-state index contributed by atoms with van der Waals surface area (Å²) < 4.78 is 0. The van der Waals surface area contributed by atoms with E-state index in [4.69, 9.17) is 0 Å². The van der Waals surface area contributed by atoms with Gasteiger partial charge in [0, 0.05) is 19.1 Å². The minimum Gasteiger partial charge on any atom is -0.310 e. The summed E-state index contributed by atoms with van der Waals surface area (Å²) in [4.78, 5) is 2.63. The van der Waals surface area contributed by atoms with Crippen molar-refractivity contribution in [2.45, 2.75) is 53.0 Å². The molecule has 1 aliphatic heterocycles. The molecule has 0 aliphatic carbocycles. The van der Waals surface area contributed by atoms with Gasteiger partial charge in [-0.1, -0.05) is 18.6 Å². The Bertz CT molecular complexity index is 229. The van der Waals surface area contributed by atoms with Gasteiger partial charge in [-0.25, -0.2) is 0 Å². The first-order chi connectivity index (χ1) is 8.13. The summed E-state index contributed by atoms with van der Waals surface area (Å²) in [5.74, 6) is 0.834. The van der Waals surface area contributed by atoms with Crippen molar-refractivity contribution in [3.8, 4) is 0 Å². The van der Waals surface area contributed by atoms with Gasteiger partial charge in [-0.3, -0.25) is 0 Å². The zero-order valence-electron chi connectivity index (χ0n) is 12.1. The predicted octanol–water partition coefficient (Wildman–Crippen LogP) is 3.05. The molecule has 0 bridgehead atoms. The van der Waals surface area contributed by atoms with Crippen LogP contribution in [0.15, 0.2) is 11.6 Å². The number of nitrogens with one attached hydrogen (secondary N) is 1. The van der Waals surface area contributed by atoms with Crippen LogP contribution in [-0.4, -0.2) is 37.1 Å². The average Bonchev–Trinajstić information content (AvgIpc) is 2.29. The number of rotatable bonds is 6. The average molecular weight is 238 g/mol. The fourth-order valence-corrected chi connectivity index (χ4v) is 2.63. The highest BCUT2D eigenvalue weighted by Crippen LogP contribution is 2.19. The van der Waals surface area contributed by atoms with E-state index >= 15 is 0 Å². The minimum atomic E-state index is 0.644. The molecule has 0 aromatic rings. The van der Waals surface area contributed by atoms with Gasteiger partial charge in [-0.15, -0.1) is 0 Å². The molecule has 0 aromatic carbocycles. The smallest absolute Gasteiger partial charge is 0.0139 e. The molecule has 2 nitrogen and oxygen atoms in total. The number of nitrogens with zero attached hydrogens (tertiary/aromatic N) is 1. The molecule has 17 heavy (non-hydrogen) atoms. The second kappa shape index (κ2) is 7.88. The van der Waals surface area contributed by atoms with Gasteiger partial charge in [0.2, 0.25) is 0 Å². The molecule has 1 fully saturated rings. The van der Waals surface area contributed by atoms with E-state index in [2.05, 4.69) is 44.0 Å². The van der Waals surface area contributed by atoms with Crippen LogP contribution in [0.1, 0.15) is 47.0 Å². The predicted molar refractivity (Wildman–Crippen MR) is 76.4 cm³/mol. The number of likely N-dealkylation sites (tertiary alicyclic amines) is 1. The molecule has 1 aliphatic rings. The molecule has 1 rings (SSSR count). The van der Waals surface area contributed by atoms with Gasteiger partial charge in [-0.2, -0.15) is 0 Å². The maximum absolute atomic E-state index is 3.64. The summed E-state index contributed by atoms with van der Waals surface area (Å²) >= 11 is 0. The molecular weight excluding hydrogens is 208 g/mol. The molecule has 0 amide bonds. The molecule has 1 N–H and O–H groups in total. The SMILES string of the molecule is CCCN1CCCC(C(C)NCC=C(C)C)C1. The maximum atomic E-state index is 3.64. The normalized spacial score (nSPS) is 23.4. The standard InChI is InChI=1S/C15H30N2/c1-5-10-17-11-6-7-15(12-17)14(4)16-9-8-13(2)3/h8,14-16H,5-7,9-12H2,1-4H3. The van der Waals surface area contributed by atoms with Crippen LogP contribution in [0, 0.1) is 5.92 Å². The molecule has 100 valence electrons. The number of piperidine rings is 1. The van der Waals surface area contributed by atoms with Crippen LogP contribution < -0.4 is 5.32 Å². The van der Waals surface area contributed by atoms with Crippen molar-refractivity contribution in [2.75, 3.05) is 26.2 Å². The van der Waals surface area contributed by atoms with Crippen molar-refractivity contribution in [1.82, 2.24) is 10.2 Å². The maximum Gasteiger partial charge on any atom is 0.0139 e. The fraction of sp³-hybridized carbons (Fsp3) is 0.867. The van der Waals surface area contributed by atoms with Gasteiger partial charge in [-0.05, 0) is 59.0 Å². The Kier molecular flexibility index (Phi) is 6.83. The van der Waals surface area contributed by atoms with Crippen molar-refractivity contribution in [3.05, 3.63) is 11.6 Å². The molecule has 0 spiro atoms. The Balaban J connectivity index is 2.30. The zero-order valence-corrected chi connectivity index (χ0v) is 12.1. The summed E-state index contributed by atoms with van der Waals surface area (Å²) in [7, 11) is 0. The monoisotopic (exact) mass is 238 g/mol. The van der Waals surface area contributed by atoms with E-state index in [9.17, 15) is 0 Å². The van der Waals surface area contributed by atoms with Crippen molar-refractivity contribution >= 4 is 0 Å². The minimum absolute atomic E-state index is 0.644. The van der Waals surface area contributed by atoms with Gasteiger partial charge >= 0.3 is 0 Å². The van der Waals surface area contributed by atoms with Crippen molar-refractivity contribution in [2.24, 2.45) is 5.92 Å². The van der Waals surface area contributed by atoms with E-state index in [1.54, 1.807) is 0 Å². The Hall–Kier alpha value is -0.340. The lowest BCUT2D eigenvalue weighted by Gasteiger charge is -2.36. The zero-order chi connectivity index (χ0) is 12.7. The number of hydrogen-bond acceptors (Lipinski definition) is 2. The van der Waals surface area contributed by atoms with Crippen LogP contribution in [0.25, 0.3) is 0 Å². The molecule has 0 radical (unpaired) electrons. The highest BCUT2D eigenvalue weighted by Gasteiger charge is 2.23. The molecule has 2 atom stereocenters. The Morgan fingerprint density at radius 2 is 2.24 bits per heavy atom. The summed E-state index contributed by atoms with van der Waals surface area (Å²) in [5, 5.41) is 3.64. The second-order valence-corrected chi connectivity index (χ2v) is 5.68. The van der Waals surface area contributed by atoms with E-state index in [0.717, 1.165) is 12.5 Å². The van der Waals surface area contributed by atoms with Gasteiger partial charge in [0.1, 0.15) is 0 Å². The third-order valence-corrected chi connectivity index (χ3v) is 3.74. The van der Waals surface area contributed by atoms with Gasteiger partial charge < -0.3 is 10.2 Å². The first kappa shape index (κ1) is 14.7. The van der Waals surface area contributed by atoms with Crippen LogP contribution >= 0.6 is 0 Å². The van der Waals surface area contributed by atoms with Crippen LogP contribution in [0.3, 0.4) is 0 Å². The van der Waals surface area contributed by atoms with Crippen molar-refractivity contribution < 1.29 is 0 Å². The van der Waals surface area contributed by atoms with E-state index in [-0.39, 0.29) is 0 Å². The van der Waals surface area contributed by atoms with E-state index in [1.165, 1.54) is 44.5 Å². The third-order valence-electron chi connectivity index (χ3n) is 3.74. The van der Waals surface area contributed by atoms with Crippen LogP contribution in [0.5, 0.6) is 0 Å². The van der Waals surface area contributed by atoms with Crippen molar-refractivity contribution in [1.29, 1.82) is 0 Å². The lowest BCUT2D eigenvalue weighted by Crippen LogP contribution is -2.44. The highest BCUT2D eigenvalue weighted by molar-refractivity contribution is 4.95. The quantitative estimate of drug-likeness (QED) is 0.716. The summed E-state index contributed by atoms with van der Waals surface area (Å²) in [5.41, 5.74) is 1.40. The number of allylic oxidation sites excluding steroid dienone is 1. The Morgan fingerprint density at radius 3 is 2.88 bits per heavy atom. The van der Waals surface area contributed by atoms with Gasteiger partial charge in [0.15, 0.2) is 0 Å². The van der Waals surface area contributed by atoms with Gasteiger partial charge in [0.25, 0.3) is 0 Å². The third kappa shape index (κ3) is 5.69. The highest BCUT2D eigenvalue weighted by atomic mass is 15.1. The fourth-order valence-electron chi connectivity index (χ4n) is 2.63. The lowest BCUT2D eigenvalue weighted by atomic mass is 9.91. The molecule has 1 heterocycles. The second-order valence-electron chi connectivity index (χ2n) is 5.68. The van der Waals surface area contributed by atoms with E-state index < -0.39 is 0 Å². The Morgan fingerprint density at radius 1 is 1.47 bits per heavy atom. The Labute approximate surface area is 107 Å². The molecule has 0 saturated carbocycles. The summed E-state index contributed by atoms with van der Waals surface area (Å²) in [6, 6.07) is 0.644. The first-order valence-corrected chi connectivity index (χ1v) is 7.22. The van der Waals surface area contributed by atoms with Crippen LogP contribution in [0.2, 0.25) is 0 Å². The number of hydrogen-bond donors (Lipinski definition) is 1. The molecule has 2 heteroatoms.